The van der Waals surface area contributed by atoms with Crippen molar-refractivity contribution in [3.63, 3.8) is 0 Å². The standard InChI is InChI=1S/C13H11BrN4O4/c14-6-1-2-8-7(5-6)9-10(22-8)11(19)18-12(17-9)15-3-4-16-13(20)21/h1-2,5,16H,3-4H2,(H,20,21)(H2,15,17,18,19). The molecule has 1 amide bonds. The molecule has 8 nitrogen and oxygen atoms in total. The molecular formula is C13H11BrN4O4. The molecule has 0 aliphatic heterocycles. The molecule has 2 heterocycles. The average Bonchev–Trinajstić information content (AvgIpc) is 2.82. The molecule has 0 unspecified atom stereocenters. The molecule has 0 aliphatic rings. The highest BCUT2D eigenvalue weighted by Crippen LogP contribution is 2.28. The van der Waals surface area contributed by atoms with Crippen LogP contribution in [-0.2, 0) is 0 Å². The van der Waals surface area contributed by atoms with Crippen molar-refractivity contribution in [3.05, 3.63) is 33.0 Å². The van der Waals surface area contributed by atoms with Crippen molar-refractivity contribution in [3.8, 4) is 0 Å². The topological polar surface area (TPSA) is 120 Å². The first-order chi connectivity index (χ1) is 10.5. The van der Waals surface area contributed by atoms with Crippen molar-refractivity contribution >= 4 is 50.0 Å². The van der Waals surface area contributed by atoms with E-state index in [0.29, 0.717) is 17.6 Å². The van der Waals surface area contributed by atoms with E-state index in [-0.39, 0.29) is 18.1 Å². The molecule has 3 aromatic rings. The number of hydrogen-bond donors (Lipinski definition) is 4. The Labute approximate surface area is 131 Å². The lowest BCUT2D eigenvalue weighted by molar-refractivity contribution is 0.195. The number of H-pyrrole nitrogens is 1. The molecule has 3 rings (SSSR count). The van der Waals surface area contributed by atoms with Gasteiger partial charge in [0.2, 0.25) is 11.5 Å². The van der Waals surface area contributed by atoms with E-state index >= 15 is 0 Å². The van der Waals surface area contributed by atoms with Crippen LogP contribution in [0.2, 0.25) is 0 Å². The fourth-order valence-electron chi connectivity index (χ4n) is 2.06. The quantitative estimate of drug-likeness (QED) is 0.525. The number of nitrogens with zero attached hydrogens (tertiary/aromatic N) is 1. The van der Waals surface area contributed by atoms with Crippen LogP contribution in [0, 0.1) is 0 Å². The lowest BCUT2D eigenvalue weighted by Gasteiger charge is -2.04. The van der Waals surface area contributed by atoms with E-state index in [1.807, 2.05) is 12.1 Å². The monoisotopic (exact) mass is 366 g/mol. The van der Waals surface area contributed by atoms with Gasteiger partial charge < -0.3 is 20.2 Å². The first-order valence-corrected chi connectivity index (χ1v) is 7.16. The van der Waals surface area contributed by atoms with Gasteiger partial charge in [0.05, 0.1) is 0 Å². The number of amides is 1. The molecule has 0 radical (unpaired) electrons. The Morgan fingerprint density at radius 1 is 1.41 bits per heavy atom. The zero-order valence-electron chi connectivity index (χ0n) is 11.1. The minimum atomic E-state index is -1.11. The van der Waals surface area contributed by atoms with Crippen molar-refractivity contribution in [2.24, 2.45) is 0 Å². The lowest BCUT2D eigenvalue weighted by Crippen LogP contribution is -2.27. The molecular weight excluding hydrogens is 356 g/mol. The molecule has 0 saturated carbocycles. The predicted octanol–water partition coefficient (Wildman–Crippen LogP) is 2.11. The molecule has 0 aliphatic carbocycles. The highest BCUT2D eigenvalue weighted by atomic mass is 79.9. The summed E-state index contributed by atoms with van der Waals surface area (Å²) in [5.41, 5.74) is 0.781. The van der Waals surface area contributed by atoms with Gasteiger partial charge in [0.15, 0.2) is 0 Å². The number of aromatic nitrogens is 2. The second-order valence-electron chi connectivity index (χ2n) is 4.49. The minimum absolute atomic E-state index is 0.155. The summed E-state index contributed by atoms with van der Waals surface area (Å²) in [6.07, 6.45) is -1.11. The third-order valence-corrected chi connectivity index (χ3v) is 3.47. The van der Waals surface area contributed by atoms with Gasteiger partial charge in [-0.15, -0.1) is 0 Å². The van der Waals surface area contributed by atoms with Gasteiger partial charge in [-0.2, -0.15) is 0 Å². The Balaban J connectivity index is 1.96. The van der Waals surface area contributed by atoms with Gasteiger partial charge in [0.1, 0.15) is 11.1 Å². The molecule has 4 N–H and O–H groups in total. The van der Waals surface area contributed by atoms with Crippen LogP contribution in [0.15, 0.2) is 31.9 Å². The number of anilines is 1. The number of aromatic amines is 1. The van der Waals surface area contributed by atoms with E-state index in [9.17, 15) is 9.59 Å². The van der Waals surface area contributed by atoms with Gasteiger partial charge >= 0.3 is 6.09 Å². The Kier molecular flexibility index (Phi) is 3.72. The summed E-state index contributed by atoms with van der Waals surface area (Å²) in [5, 5.41) is 14.3. The number of fused-ring (bicyclic) bond motifs is 3. The summed E-state index contributed by atoms with van der Waals surface area (Å²) in [5.74, 6) is 0.257. The molecule has 0 saturated heterocycles. The molecule has 2 aromatic heterocycles. The Morgan fingerprint density at radius 3 is 3.00 bits per heavy atom. The molecule has 0 atom stereocenters. The number of halogens is 1. The molecule has 0 fully saturated rings. The second-order valence-corrected chi connectivity index (χ2v) is 5.41. The summed E-state index contributed by atoms with van der Waals surface area (Å²) in [7, 11) is 0. The van der Waals surface area contributed by atoms with Crippen LogP contribution in [-0.4, -0.2) is 34.3 Å². The van der Waals surface area contributed by atoms with Gasteiger partial charge in [-0.1, -0.05) is 15.9 Å². The average molecular weight is 367 g/mol. The number of carboxylic acid groups (broad SMARTS) is 1. The Hall–Kier alpha value is -2.55. The molecule has 22 heavy (non-hydrogen) atoms. The van der Waals surface area contributed by atoms with Crippen LogP contribution in [0.1, 0.15) is 0 Å². The SMILES string of the molecule is O=C(O)NCCNc1nc2c(oc3ccc(Br)cc32)c(=O)[nH]1. The van der Waals surface area contributed by atoms with E-state index in [4.69, 9.17) is 9.52 Å². The van der Waals surface area contributed by atoms with Gasteiger partial charge in [-0.05, 0) is 18.2 Å². The highest BCUT2D eigenvalue weighted by molar-refractivity contribution is 9.10. The van der Waals surface area contributed by atoms with Gasteiger partial charge in [-0.25, -0.2) is 9.78 Å². The van der Waals surface area contributed by atoms with E-state index < -0.39 is 11.7 Å². The third-order valence-electron chi connectivity index (χ3n) is 2.98. The molecule has 9 heteroatoms. The van der Waals surface area contributed by atoms with Crippen LogP contribution in [0.3, 0.4) is 0 Å². The van der Waals surface area contributed by atoms with E-state index in [0.717, 1.165) is 9.86 Å². The number of hydrogen-bond acceptors (Lipinski definition) is 5. The normalized spacial score (nSPS) is 11.0. The van der Waals surface area contributed by atoms with E-state index in [1.165, 1.54) is 0 Å². The van der Waals surface area contributed by atoms with Crippen molar-refractivity contribution < 1.29 is 14.3 Å². The van der Waals surface area contributed by atoms with Crippen molar-refractivity contribution in [2.45, 2.75) is 0 Å². The van der Waals surface area contributed by atoms with Crippen molar-refractivity contribution in [2.75, 3.05) is 18.4 Å². The number of benzene rings is 1. The zero-order valence-corrected chi connectivity index (χ0v) is 12.7. The van der Waals surface area contributed by atoms with E-state index in [2.05, 4.69) is 36.5 Å². The molecule has 0 spiro atoms. The van der Waals surface area contributed by atoms with Gasteiger partial charge in [0.25, 0.3) is 5.56 Å². The summed E-state index contributed by atoms with van der Waals surface area (Å²) >= 11 is 3.37. The Bertz CT molecular complexity index is 917. The highest BCUT2D eigenvalue weighted by Gasteiger charge is 2.13. The van der Waals surface area contributed by atoms with E-state index in [1.54, 1.807) is 6.07 Å². The molecule has 0 bridgehead atoms. The lowest BCUT2D eigenvalue weighted by atomic mass is 10.2. The largest absolute Gasteiger partial charge is 0.465 e. The van der Waals surface area contributed by atoms with Crippen LogP contribution in [0.25, 0.3) is 22.1 Å². The first kappa shape index (κ1) is 14.4. The van der Waals surface area contributed by atoms with Crippen LogP contribution >= 0.6 is 15.9 Å². The fraction of sp³-hybridized carbons (Fsp3) is 0.154. The van der Waals surface area contributed by atoms with Gasteiger partial charge in [0, 0.05) is 22.9 Å². The molecule has 1 aromatic carbocycles. The van der Waals surface area contributed by atoms with Crippen LogP contribution in [0.5, 0.6) is 0 Å². The minimum Gasteiger partial charge on any atom is -0.465 e. The van der Waals surface area contributed by atoms with Crippen LogP contribution in [0.4, 0.5) is 10.7 Å². The number of nitrogens with one attached hydrogen (secondary N) is 3. The first-order valence-electron chi connectivity index (χ1n) is 6.37. The smallest absolute Gasteiger partial charge is 0.404 e. The second kappa shape index (κ2) is 5.68. The third kappa shape index (κ3) is 2.75. The molecule has 114 valence electrons. The maximum atomic E-state index is 12.0. The number of rotatable bonds is 4. The van der Waals surface area contributed by atoms with Crippen molar-refractivity contribution in [1.82, 2.24) is 15.3 Å². The maximum absolute atomic E-state index is 12.0. The number of carbonyl (C=O) groups is 1. The van der Waals surface area contributed by atoms with Crippen molar-refractivity contribution in [1.29, 1.82) is 0 Å². The summed E-state index contributed by atoms with van der Waals surface area (Å²) in [6.45, 7) is 0.481. The zero-order chi connectivity index (χ0) is 15.7. The predicted molar refractivity (Wildman–Crippen MR) is 84.4 cm³/mol. The summed E-state index contributed by atoms with van der Waals surface area (Å²) < 4.78 is 6.36. The summed E-state index contributed by atoms with van der Waals surface area (Å²) in [6, 6.07) is 5.39. The summed E-state index contributed by atoms with van der Waals surface area (Å²) in [4.78, 5) is 29.3. The van der Waals surface area contributed by atoms with Crippen LogP contribution < -0.4 is 16.2 Å². The number of furan rings is 1. The maximum Gasteiger partial charge on any atom is 0.404 e. The Morgan fingerprint density at radius 2 is 2.23 bits per heavy atom. The van der Waals surface area contributed by atoms with Gasteiger partial charge in [-0.3, -0.25) is 9.78 Å². The fourth-order valence-corrected chi connectivity index (χ4v) is 2.42.